The minimum atomic E-state index is 0.179. The van der Waals surface area contributed by atoms with E-state index in [0.717, 1.165) is 19.4 Å². The first kappa shape index (κ1) is 19.4. The molecule has 0 aromatic rings. The van der Waals surface area contributed by atoms with Crippen LogP contribution in [0.25, 0.3) is 0 Å². The van der Waals surface area contributed by atoms with Crippen molar-refractivity contribution in [1.82, 2.24) is 4.90 Å². The molecule has 1 amide bonds. The number of carbonyl (C=O) groups excluding carboxylic acids is 1. The fourth-order valence-corrected chi connectivity index (χ4v) is 2.30. The van der Waals surface area contributed by atoms with Crippen molar-refractivity contribution in [3.05, 3.63) is 0 Å². The smallest absolute Gasteiger partial charge is 0.222 e. The first-order chi connectivity index (χ1) is 9.57. The molecule has 0 saturated carbocycles. The summed E-state index contributed by atoms with van der Waals surface area (Å²) in [6.07, 6.45) is 13.3. The average Bonchev–Trinajstić information content (AvgIpc) is 2.42. The summed E-state index contributed by atoms with van der Waals surface area (Å²) in [6, 6.07) is 0.179. The lowest BCUT2D eigenvalue weighted by Gasteiger charge is -2.18. The van der Waals surface area contributed by atoms with Crippen molar-refractivity contribution in [2.24, 2.45) is 5.73 Å². The summed E-state index contributed by atoms with van der Waals surface area (Å²) in [5, 5.41) is 0. The first-order valence-electron chi connectivity index (χ1n) is 8.57. The third kappa shape index (κ3) is 12.5. The van der Waals surface area contributed by atoms with Crippen molar-refractivity contribution in [1.29, 1.82) is 0 Å². The predicted octanol–water partition coefficient (Wildman–Crippen LogP) is 4.10. The number of carbonyl (C=O) groups is 1. The van der Waals surface area contributed by atoms with Crippen LogP contribution in [0.4, 0.5) is 0 Å². The minimum absolute atomic E-state index is 0.179. The van der Waals surface area contributed by atoms with Crippen LogP contribution in [0.1, 0.15) is 84.5 Å². The van der Waals surface area contributed by atoms with Gasteiger partial charge < -0.3 is 10.6 Å². The average molecular weight is 284 g/mol. The second-order valence-corrected chi connectivity index (χ2v) is 6.16. The van der Waals surface area contributed by atoms with Gasteiger partial charge in [0.25, 0.3) is 0 Å². The number of nitrogens with two attached hydrogens (primary N) is 1. The van der Waals surface area contributed by atoms with Crippen LogP contribution in [0.15, 0.2) is 0 Å². The predicted molar refractivity (Wildman–Crippen MR) is 87.7 cm³/mol. The Morgan fingerprint density at radius 2 is 1.50 bits per heavy atom. The maximum atomic E-state index is 11.8. The molecule has 0 bridgehead atoms. The molecular formula is C17H36N2O. The van der Waals surface area contributed by atoms with E-state index in [0.29, 0.717) is 6.42 Å². The third-order valence-corrected chi connectivity index (χ3v) is 3.84. The van der Waals surface area contributed by atoms with E-state index in [-0.39, 0.29) is 11.9 Å². The monoisotopic (exact) mass is 284 g/mol. The molecule has 0 heterocycles. The van der Waals surface area contributed by atoms with Gasteiger partial charge in [0.1, 0.15) is 0 Å². The van der Waals surface area contributed by atoms with Gasteiger partial charge in [-0.15, -0.1) is 0 Å². The van der Waals surface area contributed by atoms with Gasteiger partial charge in [-0.2, -0.15) is 0 Å². The summed E-state index contributed by atoms with van der Waals surface area (Å²) in [5.74, 6) is 0.272. The van der Waals surface area contributed by atoms with E-state index in [1.165, 1.54) is 51.4 Å². The maximum Gasteiger partial charge on any atom is 0.222 e. The van der Waals surface area contributed by atoms with E-state index in [9.17, 15) is 4.79 Å². The Balaban J connectivity index is 3.34. The van der Waals surface area contributed by atoms with Crippen LogP contribution in [0.3, 0.4) is 0 Å². The Bertz CT molecular complexity index is 229. The lowest BCUT2D eigenvalue weighted by Crippen LogP contribution is -2.31. The molecule has 0 aliphatic rings. The van der Waals surface area contributed by atoms with Crippen molar-refractivity contribution >= 4 is 5.91 Å². The summed E-state index contributed by atoms with van der Waals surface area (Å²) >= 11 is 0. The molecule has 0 aliphatic carbocycles. The molecule has 0 rings (SSSR count). The van der Waals surface area contributed by atoms with Gasteiger partial charge in [0.05, 0.1) is 0 Å². The lowest BCUT2D eigenvalue weighted by molar-refractivity contribution is -0.130. The molecule has 1 unspecified atom stereocenters. The van der Waals surface area contributed by atoms with Crippen LogP contribution in [0, 0.1) is 0 Å². The van der Waals surface area contributed by atoms with Gasteiger partial charge in [0, 0.05) is 26.1 Å². The largest absolute Gasteiger partial charge is 0.346 e. The van der Waals surface area contributed by atoms with E-state index >= 15 is 0 Å². The highest BCUT2D eigenvalue weighted by Gasteiger charge is 2.08. The van der Waals surface area contributed by atoms with E-state index in [1.807, 2.05) is 18.9 Å². The van der Waals surface area contributed by atoms with Crippen molar-refractivity contribution < 1.29 is 4.79 Å². The topological polar surface area (TPSA) is 46.3 Å². The van der Waals surface area contributed by atoms with Crippen molar-refractivity contribution in [3.63, 3.8) is 0 Å². The molecule has 3 nitrogen and oxygen atoms in total. The van der Waals surface area contributed by atoms with E-state index in [1.54, 1.807) is 0 Å². The Kier molecular flexibility index (Phi) is 13.0. The fourth-order valence-electron chi connectivity index (χ4n) is 2.30. The molecule has 0 aromatic carbocycles. The molecule has 0 radical (unpaired) electrons. The molecule has 120 valence electrons. The number of unbranched alkanes of at least 4 members (excludes halogenated alkanes) is 8. The van der Waals surface area contributed by atoms with Crippen LogP contribution in [-0.4, -0.2) is 30.4 Å². The summed E-state index contributed by atoms with van der Waals surface area (Å²) in [4.78, 5) is 13.7. The first-order valence-corrected chi connectivity index (χ1v) is 8.57. The van der Waals surface area contributed by atoms with Gasteiger partial charge in [-0.05, 0) is 19.8 Å². The number of hydrogen-bond acceptors (Lipinski definition) is 2. The molecular weight excluding hydrogens is 248 g/mol. The molecule has 0 aromatic heterocycles. The second-order valence-electron chi connectivity index (χ2n) is 6.16. The van der Waals surface area contributed by atoms with Gasteiger partial charge in [-0.3, -0.25) is 4.79 Å². The van der Waals surface area contributed by atoms with Gasteiger partial charge in [0.15, 0.2) is 0 Å². The van der Waals surface area contributed by atoms with Gasteiger partial charge >= 0.3 is 0 Å². The van der Waals surface area contributed by atoms with Crippen LogP contribution in [-0.2, 0) is 4.79 Å². The van der Waals surface area contributed by atoms with Gasteiger partial charge in [-0.25, -0.2) is 0 Å². The van der Waals surface area contributed by atoms with E-state index in [4.69, 9.17) is 5.73 Å². The summed E-state index contributed by atoms with van der Waals surface area (Å²) in [7, 11) is 1.89. The number of nitrogens with zero attached hydrogens (tertiary/aromatic N) is 1. The quantitative estimate of drug-likeness (QED) is 0.517. The normalized spacial score (nSPS) is 12.4. The number of hydrogen-bond donors (Lipinski definition) is 1. The summed E-state index contributed by atoms with van der Waals surface area (Å²) in [6.45, 7) is 5.02. The Morgan fingerprint density at radius 1 is 1.00 bits per heavy atom. The van der Waals surface area contributed by atoms with Crippen molar-refractivity contribution in [2.45, 2.75) is 90.5 Å². The van der Waals surface area contributed by atoms with Crippen LogP contribution in [0.2, 0.25) is 0 Å². The number of amides is 1. The zero-order valence-electron chi connectivity index (χ0n) is 14.0. The highest BCUT2D eigenvalue weighted by Crippen LogP contribution is 2.11. The molecule has 3 heteroatoms. The van der Waals surface area contributed by atoms with Crippen LogP contribution >= 0.6 is 0 Å². The van der Waals surface area contributed by atoms with Crippen molar-refractivity contribution in [2.75, 3.05) is 13.6 Å². The lowest BCUT2D eigenvalue weighted by atomic mass is 10.1. The minimum Gasteiger partial charge on any atom is -0.346 e. The Hall–Kier alpha value is -0.570. The Morgan fingerprint density at radius 3 is 2.00 bits per heavy atom. The third-order valence-electron chi connectivity index (χ3n) is 3.84. The zero-order valence-corrected chi connectivity index (χ0v) is 14.0. The molecule has 20 heavy (non-hydrogen) atoms. The standard InChI is InChI=1S/C17H36N2O/c1-4-5-6-7-8-9-10-11-12-13-17(20)19(3)15-14-16(2)18/h16H,4-15,18H2,1-3H3. The molecule has 1 atom stereocenters. The summed E-state index contributed by atoms with van der Waals surface area (Å²) < 4.78 is 0. The zero-order chi connectivity index (χ0) is 15.2. The molecule has 0 aliphatic heterocycles. The highest BCUT2D eigenvalue weighted by atomic mass is 16.2. The van der Waals surface area contributed by atoms with Crippen LogP contribution in [0.5, 0.6) is 0 Å². The van der Waals surface area contributed by atoms with Crippen molar-refractivity contribution in [3.8, 4) is 0 Å². The molecule has 0 fully saturated rings. The Labute approximate surface area is 126 Å². The maximum absolute atomic E-state index is 11.8. The van der Waals surface area contributed by atoms with Gasteiger partial charge in [0.2, 0.25) is 5.91 Å². The van der Waals surface area contributed by atoms with Crippen LogP contribution < -0.4 is 5.73 Å². The fraction of sp³-hybridized carbons (Fsp3) is 0.941. The SMILES string of the molecule is CCCCCCCCCCCC(=O)N(C)CCC(C)N. The summed E-state index contributed by atoms with van der Waals surface area (Å²) in [5.41, 5.74) is 5.70. The number of rotatable bonds is 13. The second kappa shape index (κ2) is 13.4. The van der Waals surface area contributed by atoms with Gasteiger partial charge in [-0.1, -0.05) is 58.3 Å². The molecule has 0 saturated heterocycles. The molecule has 0 spiro atoms. The molecule has 2 N–H and O–H groups in total. The highest BCUT2D eigenvalue weighted by molar-refractivity contribution is 5.75. The van der Waals surface area contributed by atoms with E-state index in [2.05, 4.69) is 6.92 Å². The van der Waals surface area contributed by atoms with E-state index < -0.39 is 0 Å².